The standard InChI is InChI=1S/C10H21O3PS/c1-4-12-14(15,13-5-2)8-10-7-11-6-9(10)3/h9-10H,4-8H2,1-3H3/t9-,10-/m1/s1. The summed E-state index contributed by atoms with van der Waals surface area (Å²) in [6.07, 6.45) is 0.852. The Morgan fingerprint density at radius 3 is 2.27 bits per heavy atom. The van der Waals surface area contributed by atoms with Crippen LogP contribution in [0.25, 0.3) is 0 Å². The van der Waals surface area contributed by atoms with E-state index in [2.05, 4.69) is 6.92 Å². The van der Waals surface area contributed by atoms with Crippen molar-refractivity contribution in [2.45, 2.75) is 20.8 Å². The molecule has 90 valence electrons. The van der Waals surface area contributed by atoms with Crippen LogP contribution in [0.5, 0.6) is 0 Å². The molecule has 1 heterocycles. The van der Waals surface area contributed by atoms with Crippen LogP contribution >= 0.6 is 6.49 Å². The summed E-state index contributed by atoms with van der Waals surface area (Å²) in [4.78, 5) is 0. The first-order valence-electron chi connectivity index (χ1n) is 5.57. The Morgan fingerprint density at radius 1 is 1.27 bits per heavy atom. The average molecular weight is 252 g/mol. The fraction of sp³-hybridized carbons (Fsp3) is 1.00. The summed E-state index contributed by atoms with van der Waals surface area (Å²) in [5, 5.41) is 0. The molecule has 15 heavy (non-hydrogen) atoms. The molecule has 0 bridgehead atoms. The predicted octanol–water partition coefficient (Wildman–Crippen LogP) is 2.65. The molecule has 0 spiro atoms. The van der Waals surface area contributed by atoms with Crippen LogP contribution in [0.4, 0.5) is 0 Å². The molecule has 0 amide bonds. The van der Waals surface area contributed by atoms with Gasteiger partial charge in [-0.25, -0.2) is 0 Å². The Hall–Kier alpha value is 0.530. The van der Waals surface area contributed by atoms with E-state index in [1.54, 1.807) is 0 Å². The lowest BCUT2D eigenvalue weighted by Crippen LogP contribution is -2.16. The van der Waals surface area contributed by atoms with Gasteiger partial charge in [0.05, 0.1) is 19.8 Å². The van der Waals surface area contributed by atoms with Gasteiger partial charge in [0, 0.05) is 12.8 Å². The molecule has 0 N–H and O–H groups in total. The summed E-state index contributed by atoms with van der Waals surface area (Å²) in [7, 11) is 0. The summed E-state index contributed by atoms with van der Waals surface area (Å²) < 4.78 is 16.7. The Balaban J connectivity index is 2.53. The van der Waals surface area contributed by atoms with Crippen LogP contribution in [-0.2, 0) is 25.6 Å². The quantitative estimate of drug-likeness (QED) is 0.679. The Bertz CT molecular complexity index is 225. The minimum atomic E-state index is -2.05. The molecular formula is C10H21O3PS. The molecule has 2 atom stereocenters. The highest BCUT2D eigenvalue weighted by atomic mass is 32.5. The summed E-state index contributed by atoms with van der Waals surface area (Å²) in [5.74, 6) is 1.09. The monoisotopic (exact) mass is 252 g/mol. The van der Waals surface area contributed by atoms with Gasteiger partial charge in [-0.3, -0.25) is 0 Å². The second kappa shape index (κ2) is 6.31. The molecular weight excluding hydrogens is 231 g/mol. The first kappa shape index (κ1) is 13.6. The first-order chi connectivity index (χ1) is 7.11. The van der Waals surface area contributed by atoms with E-state index >= 15 is 0 Å². The largest absolute Gasteiger partial charge is 0.381 e. The van der Waals surface area contributed by atoms with E-state index in [1.807, 2.05) is 13.8 Å². The van der Waals surface area contributed by atoms with Crippen molar-refractivity contribution >= 4 is 18.3 Å². The molecule has 0 aliphatic carbocycles. The van der Waals surface area contributed by atoms with E-state index in [9.17, 15) is 0 Å². The van der Waals surface area contributed by atoms with Crippen LogP contribution in [-0.4, -0.2) is 32.6 Å². The fourth-order valence-electron chi connectivity index (χ4n) is 1.76. The normalized spacial score (nSPS) is 27.1. The lowest BCUT2D eigenvalue weighted by atomic mass is 10.0. The molecule has 1 aliphatic heterocycles. The van der Waals surface area contributed by atoms with E-state index in [-0.39, 0.29) is 0 Å². The van der Waals surface area contributed by atoms with Gasteiger partial charge in [0.15, 0.2) is 6.49 Å². The lowest BCUT2D eigenvalue weighted by Gasteiger charge is -2.25. The molecule has 0 aromatic heterocycles. The van der Waals surface area contributed by atoms with Gasteiger partial charge in [-0.2, -0.15) is 0 Å². The van der Waals surface area contributed by atoms with Gasteiger partial charge in [0.2, 0.25) is 0 Å². The van der Waals surface area contributed by atoms with Crippen molar-refractivity contribution in [2.24, 2.45) is 11.8 Å². The smallest absolute Gasteiger partial charge is 0.189 e. The third kappa shape index (κ3) is 4.12. The van der Waals surface area contributed by atoms with Gasteiger partial charge in [-0.1, -0.05) is 6.92 Å². The molecule has 1 fully saturated rings. The molecule has 1 aliphatic rings. The van der Waals surface area contributed by atoms with E-state index in [0.717, 1.165) is 19.4 Å². The summed E-state index contributed by atoms with van der Waals surface area (Å²) in [6, 6.07) is 0. The van der Waals surface area contributed by atoms with Crippen molar-refractivity contribution in [1.82, 2.24) is 0 Å². The lowest BCUT2D eigenvalue weighted by molar-refractivity contribution is 0.182. The van der Waals surface area contributed by atoms with Crippen LogP contribution < -0.4 is 0 Å². The van der Waals surface area contributed by atoms with Crippen molar-refractivity contribution in [3.63, 3.8) is 0 Å². The zero-order valence-electron chi connectivity index (χ0n) is 9.77. The van der Waals surface area contributed by atoms with Crippen molar-refractivity contribution in [2.75, 3.05) is 32.6 Å². The summed E-state index contributed by atoms with van der Waals surface area (Å²) >= 11 is 5.50. The molecule has 0 radical (unpaired) electrons. The van der Waals surface area contributed by atoms with Crippen LogP contribution in [0.15, 0.2) is 0 Å². The predicted molar refractivity (Wildman–Crippen MR) is 65.9 cm³/mol. The Morgan fingerprint density at radius 2 is 1.87 bits per heavy atom. The van der Waals surface area contributed by atoms with E-state index < -0.39 is 6.49 Å². The molecule has 1 saturated heterocycles. The number of hydrogen-bond donors (Lipinski definition) is 0. The van der Waals surface area contributed by atoms with Gasteiger partial charge in [0.25, 0.3) is 0 Å². The van der Waals surface area contributed by atoms with E-state index in [1.165, 1.54) is 0 Å². The zero-order valence-corrected chi connectivity index (χ0v) is 11.5. The Labute approximate surface area is 97.7 Å². The molecule has 1 rings (SSSR count). The minimum Gasteiger partial charge on any atom is -0.381 e. The second-order valence-electron chi connectivity index (χ2n) is 3.90. The molecule has 0 aromatic carbocycles. The fourth-order valence-corrected chi connectivity index (χ4v) is 5.08. The van der Waals surface area contributed by atoms with E-state index in [4.69, 9.17) is 25.6 Å². The summed E-state index contributed by atoms with van der Waals surface area (Å²) in [5.41, 5.74) is 0. The van der Waals surface area contributed by atoms with Crippen LogP contribution in [0.1, 0.15) is 20.8 Å². The van der Waals surface area contributed by atoms with Crippen molar-refractivity contribution in [1.29, 1.82) is 0 Å². The van der Waals surface area contributed by atoms with Crippen molar-refractivity contribution in [3.8, 4) is 0 Å². The van der Waals surface area contributed by atoms with Crippen molar-refractivity contribution in [3.05, 3.63) is 0 Å². The minimum absolute atomic E-state index is 0.508. The van der Waals surface area contributed by atoms with Gasteiger partial charge < -0.3 is 13.8 Å². The number of ether oxygens (including phenoxy) is 1. The second-order valence-corrected chi connectivity index (χ2v) is 7.68. The topological polar surface area (TPSA) is 27.7 Å². The van der Waals surface area contributed by atoms with Crippen LogP contribution in [0.2, 0.25) is 0 Å². The van der Waals surface area contributed by atoms with Gasteiger partial charge in [0.1, 0.15) is 0 Å². The molecule has 0 aromatic rings. The maximum Gasteiger partial charge on any atom is 0.189 e. The molecule has 3 nitrogen and oxygen atoms in total. The Kier molecular flexibility index (Phi) is 5.72. The van der Waals surface area contributed by atoms with Gasteiger partial charge in [-0.15, -0.1) is 0 Å². The highest BCUT2D eigenvalue weighted by Gasteiger charge is 2.31. The van der Waals surface area contributed by atoms with Crippen LogP contribution in [0, 0.1) is 11.8 Å². The SMILES string of the molecule is CCOP(=S)(C[C@H]1COC[C@H]1C)OCC. The highest BCUT2D eigenvalue weighted by molar-refractivity contribution is 8.09. The molecule has 0 unspecified atom stereocenters. The highest BCUT2D eigenvalue weighted by Crippen LogP contribution is 2.51. The van der Waals surface area contributed by atoms with Crippen LogP contribution in [0.3, 0.4) is 0 Å². The summed E-state index contributed by atoms with van der Waals surface area (Å²) in [6.45, 7) is 7.01. The maximum absolute atomic E-state index is 5.63. The number of hydrogen-bond acceptors (Lipinski definition) is 4. The molecule has 5 heteroatoms. The molecule has 0 saturated carbocycles. The maximum atomic E-state index is 5.63. The number of rotatable bonds is 6. The third-order valence-corrected chi connectivity index (χ3v) is 5.93. The van der Waals surface area contributed by atoms with Crippen molar-refractivity contribution < 1.29 is 13.8 Å². The third-order valence-electron chi connectivity index (χ3n) is 2.63. The van der Waals surface area contributed by atoms with Gasteiger partial charge in [-0.05, 0) is 37.5 Å². The van der Waals surface area contributed by atoms with Gasteiger partial charge >= 0.3 is 0 Å². The first-order valence-corrected chi connectivity index (χ1v) is 8.39. The van der Waals surface area contributed by atoms with E-state index in [0.29, 0.717) is 25.0 Å². The average Bonchev–Trinajstić information content (AvgIpc) is 2.52. The zero-order chi connectivity index (χ0) is 11.3.